The Morgan fingerprint density at radius 1 is 1.47 bits per heavy atom. The Hall–Kier alpha value is 0.270. The Bertz CT molecular complexity index is 173. The topological polar surface area (TPSA) is 32.3 Å². The van der Waals surface area contributed by atoms with E-state index in [0.717, 1.165) is 6.42 Å². The van der Waals surface area contributed by atoms with Crippen LogP contribution in [0.1, 0.15) is 40.0 Å². The molecule has 0 aromatic carbocycles. The van der Waals surface area contributed by atoms with E-state index in [9.17, 15) is 5.11 Å². The van der Waals surface area contributed by atoms with Crippen LogP contribution in [0.15, 0.2) is 0 Å². The zero-order valence-electron chi connectivity index (χ0n) is 10.3. The largest absolute Gasteiger partial charge is 0.395 e. The standard InChI is InChI=1S/C12H25NOS/c1-12(2,3)7-11(8-14)13-10-5-4-6-15-9-10/h10-11,13-14H,4-9H2,1-3H3. The molecule has 1 fully saturated rings. The van der Waals surface area contributed by atoms with Crippen LogP contribution in [0.2, 0.25) is 0 Å². The summed E-state index contributed by atoms with van der Waals surface area (Å²) in [6.45, 7) is 6.95. The van der Waals surface area contributed by atoms with Crippen molar-refractivity contribution in [2.24, 2.45) is 5.41 Å². The van der Waals surface area contributed by atoms with Gasteiger partial charge in [-0.05, 0) is 30.4 Å². The molecular weight excluding hydrogens is 206 g/mol. The molecule has 1 aliphatic heterocycles. The zero-order valence-corrected chi connectivity index (χ0v) is 11.1. The molecule has 90 valence electrons. The number of rotatable bonds is 4. The van der Waals surface area contributed by atoms with Gasteiger partial charge in [0.05, 0.1) is 6.61 Å². The van der Waals surface area contributed by atoms with Crippen LogP contribution in [-0.2, 0) is 0 Å². The van der Waals surface area contributed by atoms with Crippen molar-refractivity contribution in [3.05, 3.63) is 0 Å². The Morgan fingerprint density at radius 3 is 2.67 bits per heavy atom. The fraction of sp³-hybridized carbons (Fsp3) is 1.00. The first kappa shape index (κ1) is 13.3. The van der Waals surface area contributed by atoms with Crippen molar-refractivity contribution >= 4 is 11.8 Å². The highest BCUT2D eigenvalue weighted by Gasteiger charge is 2.22. The summed E-state index contributed by atoms with van der Waals surface area (Å²) >= 11 is 2.03. The molecule has 2 nitrogen and oxygen atoms in total. The van der Waals surface area contributed by atoms with Gasteiger partial charge in [-0.15, -0.1) is 0 Å². The summed E-state index contributed by atoms with van der Waals surface area (Å²) < 4.78 is 0. The fourth-order valence-corrected chi connectivity index (χ4v) is 3.21. The lowest BCUT2D eigenvalue weighted by Crippen LogP contribution is -2.44. The van der Waals surface area contributed by atoms with E-state index >= 15 is 0 Å². The van der Waals surface area contributed by atoms with Crippen LogP contribution in [0.5, 0.6) is 0 Å². The highest BCUT2D eigenvalue weighted by molar-refractivity contribution is 7.99. The molecular formula is C12H25NOS. The lowest BCUT2D eigenvalue weighted by Gasteiger charge is -2.31. The minimum atomic E-state index is 0.262. The van der Waals surface area contributed by atoms with Crippen molar-refractivity contribution in [1.82, 2.24) is 5.32 Å². The van der Waals surface area contributed by atoms with Gasteiger partial charge in [0.1, 0.15) is 0 Å². The minimum absolute atomic E-state index is 0.262. The van der Waals surface area contributed by atoms with Crippen LogP contribution in [0, 0.1) is 5.41 Å². The monoisotopic (exact) mass is 231 g/mol. The zero-order chi connectivity index (χ0) is 11.3. The molecule has 0 aromatic rings. The Labute approximate surface area is 98.2 Å². The highest BCUT2D eigenvalue weighted by Crippen LogP contribution is 2.23. The number of hydrogen-bond donors (Lipinski definition) is 2. The highest BCUT2D eigenvalue weighted by atomic mass is 32.2. The quantitative estimate of drug-likeness (QED) is 0.778. The smallest absolute Gasteiger partial charge is 0.0584 e. The first-order valence-electron chi connectivity index (χ1n) is 5.96. The van der Waals surface area contributed by atoms with Crippen LogP contribution < -0.4 is 5.32 Å². The van der Waals surface area contributed by atoms with Gasteiger partial charge in [-0.25, -0.2) is 0 Å². The van der Waals surface area contributed by atoms with Gasteiger partial charge in [0.25, 0.3) is 0 Å². The van der Waals surface area contributed by atoms with Gasteiger partial charge in [0.2, 0.25) is 0 Å². The van der Waals surface area contributed by atoms with Crippen LogP contribution in [0.4, 0.5) is 0 Å². The number of nitrogens with one attached hydrogen (secondary N) is 1. The third-order valence-corrected chi connectivity index (χ3v) is 3.93. The molecule has 0 spiro atoms. The molecule has 1 heterocycles. The number of aliphatic hydroxyl groups excluding tert-OH is 1. The van der Waals surface area contributed by atoms with Crippen molar-refractivity contribution in [2.45, 2.75) is 52.1 Å². The normalized spacial score (nSPS) is 25.2. The van der Waals surface area contributed by atoms with Crippen LogP contribution >= 0.6 is 11.8 Å². The van der Waals surface area contributed by atoms with Crippen molar-refractivity contribution < 1.29 is 5.11 Å². The van der Waals surface area contributed by atoms with Gasteiger partial charge < -0.3 is 10.4 Å². The van der Waals surface area contributed by atoms with E-state index in [-0.39, 0.29) is 12.6 Å². The molecule has 2 unspecified atom stereocenters. The van der Waals surface area contributed by atoms with Crippen LogP contribution in [0.25, 0.3) is 0 Å². The molecule has 1 rings (SSSR count). The van der Waals surface area contributed by atoms with Gasteiger partial charge in [0, 0.05) is 17.8 Å². The summed E-state index contributed by atoms with van der Waals surface area (Å²) in [5, 5.41) is 12.9. The lowest BCUT2D eigenvalue weighted by atomic mass is 9.88. The van der Waals surface area contributed by atoms with E-state index < -0.39 is 0 Å². The molecule has 2 atom stereocenters. The third kappa shape index (κ3) is 5.79. The predicted octanol–water partition coefficient (Wildman–Crippen LogP) is 2.27. The second kappa shape index (κ2) is 6.12. The van der Waals surface area contributed by atoms with Gasteiger partial charge in [-0.1, -0.05) is 20.8 Å². The molecule has 0 aliphatic carbocycles. The molecule has 0 bridgehead atoms. The van der Waals surface area contributed by atoms with Crippen molar-refractivity contribution in [1.29, 1.82) is 0 Å². The molecule has 15 heavy (non-hydrogen) atoms. The molecule has 0 saturated carbocycles. The Balaban J connectivity index is 2.31. The molecule has 0 amide bonds. The number of hydrogen-bond acceptors (Lipinski definition) is 3. The van der Waals surface area contributed by atoms with E-state index in [0.29, 0.717) is 11.5 Å². The van der Waals surface area contributed by atoms with Gasteiger partial charge in [-0.2, -0.15) is 11.8 Å². The second-order valence-electron chi connectivity index (χ2n) is 5.73. The number of aliphatic hydroxyl groups is 1. The average molecular weight is 231 g/mol. The van der Waals surface area contributed by atoms with Gasteiger partial charge in [0.15, 0.2) is 0 Å². The van der Waals surface area contributed by atoms with E-state index in [1.807, 2.05) is 11.8 Å². The minimum Gasteiger partial charge on any atom is -0.395 e. The SMILES string of the molecule is CC(C)(C)CC(CO)NC1CCCSC1. The third-order valence-electron chi connectivity index (χ3n) is 2.71. The lowest BCUT2D eigenvalue weighted by molar-refractivity contribution is 0.188. The van der Waals surface area contributed by atoms with Crippen molar-refractivity contribution in [2.75, 3.05) is 18.1 Å². The number of thioether (sulfide) groups is 1. The second-order valence-corrected chi connectivity index (χ2v) is 6.87. The first-order chi connectivity index (χ1) is 7.01. The summed E-state index contributed by atoms with van der Waals surface area (Å²) in [4.78, 5) is 0. The summed E-state index contributed by atoms with van der Waals surface area (Å²) in [6.07, 6.45) is 3.63. The maximum Gasteiger partial charge on any atom is 0.0584 e. The molecule has 0 aromatic heterocycles. The maximum atomic E-state index is 9.35. The first-order valence-corrected chi connectivity index (χ1v) is 7.11. The van der Waals surface area contributed by atoms with E-state index in [2.05, 4.69) is 26.1 Å². The van der Waals surface area contributed by atoms with Gasteiger partial charge in [-0.3, -0.25) is 0 Å². The van der Waals surface area contributed by atoms with E-state index in [4.69, 9.17) is 0 Å². The summed E-state index contributed by atoms with van der Waals surface area (Å²) in [5.74, 6) is 2.52. The molecule has 2 N–H and O–H groups in total. The fourth-order valence-electron chi connectivity index (χ4n) is 2.12. The maximum absolute atomic E-state index is 9.35. The molecule has 3 heteroatoms. The summed E-state index contributed by atoms with van der Waals surface area (Å²) in [7, 11) is 0. The Morgan fingerprint density at radius 2 is 2.20 bits per heavy atom. The summed E-state index contributed by atoms with van der Waals surface area (Å²) in [5.41, 5.74) is 0.294. The summed E-state index contributed by atoms with van der Waals surface area (Å²) in [6, 6.07) is 0.886. The van der Waals surface area contributed by atoms with Crippen LogP contribution in [-0.4, -0.2) is 35.3 Å². The van der Waals surface area contributed by atoms with E-state index in [1.165, 1.54) is 24.3 Å². The van der Waals surface area contributed by atoms with Gasteiger partial charge >= 0.3 is 0 Å². The molecule has 1 aliphatic rings. The van der Waals surface area contributed by atoms with Crippen molar-refractivity contribution in [3.63, 3.8) is 0 Å². The van der Waals surface area contributed by atoms with Crippen LogP contribution in [0.3, 0.4) is 0 Å². The van der Waals surface area contributed by atoms with E-state index in [1.54, 1.807) is 0 Å². The Kier molecular flexibility index (Phi) is 5.44. The van der Waals surface area contributed by atoms with Crippen molar-refractivity contribution in [3.8, 4) is 0 Å². The predicted molar refractivity (Wildman–Crippen MR) is 68.4 cm³/mol. The average Bonchev–Trinajstić information content (AvgIpc) is 2.16. The molecule has 0 radical (unpaired) electrons. The molecule has 1 saturated heterocycles.